The van der Waals surface area contributed by atoms with Crippen LogP contribution in [0.3, 0.4) is 0 Å². The first-order chi connectivity index (χ1) is 7.43. The smallest absolute Gasteiger partial charge is 0.368 e. The monoisotopic (exact) mass is 252 g/mol. The molecule has 0 saturated heterocycles. The molecule has 1 aromatic rings. The van der Waals surface area contributed by atoms with Crippen LogP contribution in [0.2, 0.25) is 0 Å². The molecule has 0 saturated carbocycles. The molecule has 0 aliphatic heterocycles. The molecule has 1 aromatic heterocycles. The van der Waals surface area contributed by atoms with Gasteiger partial charge in [0, 0.05) is 11.9 Å². The Kier molecular flexibility index (Phi) is 4.41. The van der Waals surface area contributed by atoms with Crippen LogP contribution >= 0.6 is 11.6 Å². The summed E-state index contributed by atoms with van der Waals surface area (Å²) >= 11 is 5.53. The number of nitrogens with one attached hydrogen (secondary N) is 1. The lowest BCUT2D eigenvalue weighted by Gasteiger charge is -2.14. The zero-order chi connectivity index (χ0) is 12.2. The molecule has 0 fully saturated rings. The Labute approximate surface area is 96.8 Å². The van der Waals surface area contributed by atoms with Crippen molar-refractivity contribution in [3.8, 4) is 0 Å². The maximum absolute atomic E-state index is 12.3. The molecule has 0 radical (unpaired) electrons. The molecular formula is C10H12ClF3N2. The van der Waals surface area contributed by atoms with Gasteiger partial charge in [-0.15, -0.1) is 11.6 Å². The largest absolute Gasteiger partial charge is 0.433 e. The standard InChI is InChI=1S/C10H12ClF3N2/c1-7(5-6-11)15-9-4-2-3-8(16-9)10(12,13)14/h2-4,7H,5-6H2,1H3,(H,15,16). The second kappa shape index (κ2) is 5.39. The zero-order valence-corrected chi connectivity index (χ0v) is 9.44. The number of hydrogen-bond acceptors (Lipinski definition) is 2. The quantitative estimate of drug-likeness (QED) is 0.830. The molecule has 0 bridgehead atoms. The summed E-state index contributed by atoms with van der Waals surface area (Å²) in [4.78, 5) is 3.49. The van der Waals surface area contributed by atoms with Crippen LogP contribution in [-0.2, 0) is 6.18 Å². The zero-order valence-electron chi connectivity index (χ0n) is 8.68. The van der Waals surface area contributed by atoms with E-state index in [2.05, 4.69) is 10.3 Å². The molecule has 6 heteroatoms. The van der Waals surface area contributed by atoms with Crippen molar-refractivity contribution >= 4 is 17.4 Å². The third-order valence-corrected chi connectivity index (χ3v) is 2.19. The molecule has 1 unspecified atom stereocenters. The second-order valence-corrected chi connectivity index (χ2v) is 3.81. The highest BCUT2D eigenvalue weighted by Crippen LogP contribution is 2.28. The van der Waals surface area contributed by atoms with Crippen molar-refractivity contribution in [2.45, 2.75) is 25.6 Å². The molecule has 0 spiro atoms. The van der Waals surface area contributed by atoms with Crippen LogP contribution in [0.25, 0.3) is 0 Å². The summed E-state index contributed by atoms with van der Waals surface area (Å²) in [5.41, 5.74) is -0.893. The summed E-state index contributed by atoms with van der Waals surface area (Å²) in [5, 5.41) is 2.86. The summed E-state index contributed by atoms with van der Waals surface area (Å²) in [7, 11) is 0. The fourth-order valence-electron chi connectivity index (χ4n) is 1.16. The van der Waals surface area contributed by atoms with Crippen LogP contribution in [0.4, 0.5) is 19.0 Å². The van der Waals surface area contributed by atoms with Gasteiger partial charge in [-0.25, -0.2) is 4.98 Å². The maximum atomic E-state index is 12.3. The lowest BCUT2D eigenvalue weighted by Crippen LogP contribution is -2.18. The Morgan fingerprint density at radius 3 is 2.69 bits per heavy atom. The predicted molar refractivity (Wildman–Crippen MR) is 57.7 cm³/mol. The number of alkyl halides is 4. The molecule has 0 amide bonds. The molecule has 1 rings (SSSR count). The van der Waals surface area contributed by atoms with Gasteiger partial charge in [0.2, 0.25) is 0 Å². The molecule has 1 atom stereocenters. The van der Waals surface area contributed by atoms with Crippen LogP contribution in [0.15, 0.2) is 18.2 Å². The maximum Gasteiger partial charge on any atom is 0.433 e. The van der Waals surface area contributed by atoms with E-state index in [4.69, 9.17) is 11.6 Å². The number of aromatic nitrogens is 1. The fraction of sp³-hybridized carbons (Fsp3) is 0.500. The van der Waals surface area contributed by atoms with E-state index < -0.39 is 11.9 Å². The van der Waals surface area contributed by atoms with E-state index in [1.165, 1.54) is 12.1 Å². The summed E-state index contributed by atoms with van der Waals surface area (Å²) in [6.45, 7) is 1.84. The second-order valence-electron chi connectivity index (χ2n) is 3.43. The van der Waals surface area contributed by atoms with Crippen molar-refractivity contribution in [2.24, 2.45) is 0 Å². The van der Waals surface area contributed by atoms with E-state index in [1.807, 2.05) is 6.92 Å². The van der Waals surface area contributed by atoms with Crippen LogP contribution in [0.5, 0.6) is 0 Å². The van der Waals surface area contributed by atoms with Gasteiger partial charge >= 0.3 is 6.18 Å². The van der Waals surface area contributed by atoms with Gasteiger partial charge in [0.05, 0.1) is 0 Å². The SMILES string of the molecule is CC(CCCl)Nc1cccc(C(F)(F)F)n1. The number of nitrogens with zero attached hydrogens (tertiary/aromatic N) is 1. The molecule has 0 aromatic carbocycles. The van der Waals surface area contributed by atoms with Gasteiger partial charge in [0.25, 0.3) is 0 Å². The Hall–Kier alpha value is -0.970. The molecule has 2 nitrogen and oxygen atoms in total. The average Bonchev–Trinajstić information content (AvgIpc) is 2.17. The summed E-state index contributed by atoms with van der Waals surface area (Å²) in [6.07, 6.45) is -3.74. The molecule has 0 aliphatic carbocycles. The first-order valence-corrected chi connectivity index (χ1v) is 5.33. The fourth-order valence-corrected chi connectivity index (χ4v) is 1.49. The lowest BCUT2D eigenvalue weighted by atomic mass is 10.2. The Balaban J connectivity index is 2.75. The number of halogens is 4. The van der Waals surface area contributed by atoms with E-state index in [0.717, 1.165) is 6.07 Å². The minimum absolute atomic E-state index is 0.00603. The lowest BCUT2D eigenvalue weighted by molar-refractivity contribution is -0.141. The topological polar surface area (TPSA) is 24.9 Å². The van der Waals surface area contributed by atoms with Crippen molar-refractivity contribution in [3.05, 3.63) is 23.9 Å². The van der Waals surface area contributed by atoms with Gasteiger partial charge in [-0.05, 0) is 25.5 Å². The van der Waals surface area contributed by atoms with Gasteiger partial charge < -0.3 is 5.32 Å². The van der Waals surface area contributed by atoms with Crippen LogP contribution in [-0.4, -0.2) is 16.9 Å². The average molecular weight is 253 g/mol. The third kappa shape index (κ3) is 3.89. The number of hydrogen-bond donors (Lipinski definition) is 1. The number of rotatable bonds is 4. The minimum atomic E-state index is -4.41. The van der Waals surface area contributed by atoms with E-state index in [9.17, 15) is 13.2 Å². The Morgan fingerprint density at radius 1 is 1.44 bits per heavy atom. The van der Waals surface area contributed by atoms with Gasteiger partial charge in [-0.1, -0.05) is 6.07 Å². The van der Waals surface area contributed by atoms with Crippen molar-refractivity contribution < 1.29 is 13.2 Å². The van der Waals surface area contributed by atoms with Gasteiger partial charge in [0.1, 0.15) is 11.5 Å². The number of pyridine rings is 1. The van der Waals surface area contributed by atoms with Crippen molar-refractivity contribution in [1.82, 2.24) is 4.98 Å². The molecule has 1 N–H and O–H groups in total. The Morgan fingerprint density at radius 2 is 2.12 bits per heavy atom. The highest BCUT2D eigenvalue weighted by Gasteiger charge is 2.32. The number of anilines is 1. The molecule has 0 aliphatic rings. The molecule has 1 heterocycles. The first-order valence-electron chi connectivity index (χ1n) is 4.80. The van der Waals surface area contributed by atoms with Crippen LogP contribution in [0.1, 0.15) is 19.0 Å². The normalized spacial score (nSPS) is 13.6. The highest BCUT2D eigenvalue weighted by molar-refractivity contribution is 6.17. The third-order valence-electron chi connectivity index (χ3n) is 1.98. The molecular weight excluding hydrogens is 241 g/mol. The Bertz CT molecular complexity index is 341. The van der Waals surface area contributed by atoms with Gasteiger partial charge in [-0.2, -0.15) is 13.2 Å². The molecule has 90 valence electrons. The van der Waals surface area contributed by atoms with E-state index in [0.29, 0.717) is 12.3 Å². The van der Waals surface area contributed by atoms with Crippen LogP contribution in [0, 0.1) is 0 Å². The van der Waals surface area contributed by atoms with E-state index in [-0.39, 0.29) is 11.9 Å². The summed E-state index contributed by atoms with van der Waals surface area (Å²) < 4.78 is 37.0. The van der Waals surface area contributed by atoms with E-state index >= 15 is 0 Å². The summed E-state index contributed by atoms with van der Waals surface area (Å²) in [6, 6.07) is 3.76. The van der Waals surface area contributed by atoms with E-state index in [1.54, 1.807) is 0 Å². The first kappa shape index (κ1) is 13.1. The highest BCUT2D eigenvalue weighted by atomic mass is 35.5. The van der Waals surface area contributed by atoms with Crippen LogP contribution < -0.4 is 5.32 Å². The van der Waals surface area contributed by atoms with Crippen molar-refractivity contribution in [3.63, 3.8) is 0 Å². The van der Waals surface area contributed by atoms with Crippen molar-refractivity contribution in [1.29, 1.82) is 0 Å². The van der Waals surface area contributed by atoms with Crippen molar-refractivity contribution in [2.75, 3.05) is 11.2 Å². The van der Waals surface area contributed by atoms with Gasteiger partial charge in [-0.3, -0.25) is 0 Å². The predicted octanol–water partition coefficient (Wildman–Crippen LogP) is 3.53. The minimum Gasteiger partial charge on any atom is -0.368 e. The summed E-state index contributed by atoms with van der Waals surface area (Å²) in [5.74, 6) is 0.667. The molecule has 16 heavy (non-hydrogen) atoms. The van der Waals surface area contributed by atoms with Gasteiger partial charge in [0.15, 0.2) is 0 Å².